The molecule has 112 valence electrons. The number of nitrogens with two attached hydrogens (primary N) is 1. The Labute approximate surface area is 127 Å². The first-order chi connectivity index (χ1) is 9.81. The first-order valence-electron chi connectivity index (χ1n) is 8.39. The molecule has 0 bridgehead atoms. The number of fused-ring (bicyclic) bond motifs is 1. The third kappa shape index (κ3) is 2.95. The van der Waals surface area contributed by atoms with Crippen molar-refractivity contribution < 1.29 is 0 Å². The summed E-state index contributed by atoms with van der Waals surface area (Å²) >= 11 is 2.03. The van der Waals surface area contributed by atoms with E-state index in [0.717, 1.165) is 11.8 Å². The molecule has 1 aromatic heterocycles. The Morgan fingerprint density at radius 2 is 2.15 bits per heavy atom. The summed E-state index contributed by atoms with van der Waals surface area (Å²) in [6.45, 7) is 2.34. The average Bonchev–Trinajstić information content (AvgIpc) is 2.91. The fourth-order valence-corrected chi connectivity index (χ4v) is 5.54. The summed E-state index contributed by atoms with van der Waals surface area (Å²) in [5, 5.41) is 0. The molecule has 2 nitrogen and oxygen atoms in total. The normalized spacial score (nSPS) is 28.1. The van der Waals surface area contributed by atoms with Crippen molar-refractivity contribution in [3.63, 3.8) is 0 Å². The summed E-state index contributed by atoms with van der Waals surface area (Å²) < 4.78 is 0. The SMILES string of the molecule is CCC1CCCC(C(NN)c2cc3c(s2)CCCC3)C1. The number of nitrogens with one attached hydrogen (secondary N) is 1. The largest absolute Gasteiger partial charge is 0.271 e. The quantitative estimate of drug-likeness (QED) is 0.639. The van der Waals surface area contributed by atoms with Gasteiger partial charge in [-0.05, 0) is 62.0 Å². The van der Waals surface area contributed by atoms with Gasteiger partial charge in [-0.15, -0.1) is 11.3 Å². The third-order valence-corrected chi connectivity index (χ3v) is 6.69. The van der Waals surface area contributed by atoms with E-state index in [1.165, 1.54) is 62.7 Å². The van der Waals surface area contributed by atoms with Gasteiger partial charge in [-0.2, -0.15) is 0 Å². The Morgan fingerprint density at radius 1 is 1.30 bits per heavy atom. The summed E-state index contributed by atoms with van der Waals surface area (Å²) in [6, 6.07) is 2.85. The molecule has 1 aromatic rings. The zero-order chi connectivity index (χ0) is 13.9. The van der Waals surface area contributed by atoms with Crippen molar-refractivity contribution in [3.05, 3.63) is 21.4 Å². The van der Waals surface area contributed by atoms with E-state index in [9.17, 15) is 0 Å². The van der Waals surface area contributed by atoms with Crippen molar-refractivity contribution in [1.29, 1.82) is 0 Å². The fourth-order valence-electron chi connectivity index (χ4n) is 4.12. The maximum atomic E-state index is 5.94. The molecule has 0 aliphatic heterocycles. The molecule has 2 aliphatic carbocycles. The maximum Gasteiger partial charge on any atom is 0.0581 e. The van der Waals surface area contributed by atoms with Crippen molar-refractivity contribution in [2.24, 2.45) is 17.7 Å². The zero-order valence-corrected chi connectivity index (χ0v) is 13.5. The summed E-state index contributed by atoms with van der Waals surface area (Å²) in [5.41, 5.74) is 4.76. The van der Waals surface area contributed by atoms with E-state index >= 15 is 0 Å². The van der Waals surface area contributed by atoms with Crippen molar-refractivity contribution in [2.75, 3.05) is 0 Å². The molecule has 2 aliphatic rings. The van der Waals surface area contributed by atoms with E-state index in [2.05, 4.69) is 18.4 Å². The number of hydrogen-bond acceptors (Lipinski definition) is 3. The second-order valence-corrected chi connectivity index (χ2v) is 7.82. The molecule has 0 aromatic carbocycles. The van der Waals surface area contributed by atoms with Crippen LogP contribution in [0.3, 0.4) is 0 Å². The molecule has 0 amide bonds. The van der Waals surface area contributed by atoms with Gasteiger partial charge in [0.2, 0.25) is 0 Å². The van der Waals surface area contributed by atoms with Gasteiger partial charge in [-0.1, -0.05) is 26.2 Å². The number of hydrazine groups is 1. The molecule has 0 spiro atoms. The molecule has 1 heterocycles. The maximum absolute atomic E-state index is 5.94. The van der Waals surface area contributed by atoms with E-state index < -0.39 is 0 Å². The molecule has 3 rings (SSSR count). The molecule has 3 unspecified atom stereocenters. The van der Waals surface area contributed by atoms with E-state index in [1.54, 1.807) is 10.4 Å². The second-order valence-electron chi connectivity index (χ2n) is 6.65. The lowest BCUT2D eigenvalue weighted by molar-refractivity contribution is 0.212. The molecule has 3 atom stereocenters. The van der Waals surface area contributed by atoms with Crippen LogP contribution in [0.2, 0.25) is 0 Å². The summed E-state index contributed by atoms with van der Waals surface area (Å²) in [4.78, 5) is 3.13. The Bertz CT molecular complexity index is 417. The van der Waals surface area contributed by atoms with Crippen LogP contribution in [0, 0.1) is 11.8 Å². The van der Waals surface area contributed by atoms with Crippen LogP contribution in [0.15, 0.2) is 6.07 Å². The van der Waals surface area contributed by atoms with Gasteiger partial charge in [0, 0.05) is 9.75 Å². The topological polar surface area (TPSA) is 38.0 Å². The minimum atomic E-state index is 0.389. The molecular weight excluding hydrogens is 264 g/mol. The van der Waals surface area contributed by atoms with Gasteiger partial charge in [0.25, 0.3) is 0 Å². The predicted molar refractivity (Wildman–Crippen MR) is 86.8 cm³/mol. The van der Waals surface area contributed by atoms with Crippen molar-refractivity contribution in [1.82, 2.24) is 5.43 Å². The van der Waals surface area contributed by atoms with E-state index in [4.69, 9.17) is 5.84 Å². The van der Waals surface area contributed by atoms with Gasteiger partial charge < -0.3 is 0 Å². The van der Waals surface area contributed by atoms with Crippen molar-refractivity contribution >= 4 is 11.3 Å². The number of hydrogen-bond donors (Lipinski definition) is 2. The Morgan fingerprint density at radius 3 is 2.90 bits per heavy atom. The summed E-state index contributed by atoms with van der Waals surface area (Å²) in [7, 11) is 0. The Balaban J connectivity index is 1.76. The molecule has 0 saturated heterocycles. The van der Waals surface area contributed by atoms with E-state index in [0.29, 0.717) is 6.04 Å². The van der Waals surface area contributed by atoms with Gasteiger partial charge >= 0.3 is 0 Å². The Kier molecular flexibility index (Phi) is 4.79. The standard InChI is InChI=1S/C17H28N2S/c1-2-12-6-5-8-14(10-12)17(19-18)16-11-13-7-3-4-9-15(13)20-16/h11-12,14,17,19H,2-10,18H2,1H3. The number of thiophene rings is 1. The highest BCUT2D eigenvalue weighted by Crippen LogP contribution is 2.41. The van der Waals surface area contributed by atoms with Crippen LogP contribution in [-0.4, -0.2) is 0 Å². The highest BCUT2D eigenvalue weighted by molar-refractivity contribution is 7.12. The number of rotatable bonds is 4. The monoisotopic (exact) mass is 292 g/mol. The molecule has 0 radical (unpaired) electrons. The lowest BCUT2D eigenvalue weighted by atomic mass is 9.76. The van der Waals surface area contributed by atoms with Gasteiger partial charge in [0.15, 0.2) is 0 Å². The smallest absolute Gasteiger partial charge is 0.0581 e. The lowest BCUT2D eigenvalue weighted by Gasteiger charge is -2.33. The summed E-state index contributed by atoms with van der Waals surface area (Å²) in [6.07, 6.45) is 12.1. The summed E-state index contributed by atoms with van der Waals surface area (Å²) in [5.74, 6) is 7.59. The molecular formula is C17H28N2S. The van der Waals surface area contributed by atoms with Gasteiger partial charge in [0.1, 0.15) is 0 Å². The van der Waals surface area contributed by atoms with E-state index in [-0.39, 0.29) is 0 Å². The van der Waals surface area contributed by atoms with Crippen LogP contribution >= 0.6 is 11.3 Å². The van der Waals surface area contributed by atoms with Crippen LogP contribution in [-0.2, 0) is 12.8 Å². The molecule has 1 saturated carbocycles. The van der Waals surface area contributed by atoms with Crippen molar-refractivity contribution in [3.8, 4) is 0 Å². The van der Waals surface area contributed by atoms with Crippen LogP contribution in [0.25, 0.3) is 0 Å². The predicted octanol–water partition coefficient (Wildman–Crippen LogP) is 4.35. The number of aryl methyl sites for hydroxylation is 2. The minimum Gasteiger partial charge on any atom is -0.271 e. The second kappa shape index (κ2) is 6.59. The molecule has 3 heteroatoms. The zero-order valence-electron chi connectivity index (χ0n) is 12.7. The van der Waals surface area contributed by atoms with Gasteiger partial charge in [-0.3, -0.25) is 11.3 Å². The lowest BCUT2D eigenvalue weighted by Crippen LogP contribution is -2.35. The first kappa shape index (κ1) is 14.6. The highest BCUT2D eigenvalue weighted by Gasteiger charge is 2.30. The van der Waals surface area contributed by atoms with Crippen LogP contribution in [0.5, 0.6) is 0 Å². The van der Waals surface area contributed by atoms with Crippen LogP contribution < -0.4 is 11.3 Å². The van der Waals surface area contributed by atoms with Gasteiger partial charge in [-0.25, -0.2) is 0 Å². The first-order valence-corrected chi connectivity index (χ1v) is 9.21. The molecule has 3 N–H and O–H groups in total. The highest BCUT2D eigenvalue weighted by atomic mass is 32.1. The van der Waals surface area contributed by atoms with Crippen molar-refractivity contribution in [2.45, 2.75) is 70.8 Å². The Hall–Kier alpha value is -0.380. The third-order valence-electron chi connectivity index (χ3n) is 5.37. The van der Waals surface area contributed by atoms with E-state index in [1.807, 2.05) is 11.3 Å². The minimum absolute atomic E-state index is 0.389. The van der Waals surface area contributed by atoms with Gasteiger partial charge in [0.05, 0.1) is 6.04 Å². The van der Waals surface area contributed by atoms with Crippen LogP contribution in [0.4, 0.5) is 0 Å². The average molecular weight is 292 g/mol. The molecule has 20 heavy (non-hydrogen) atoms. The van der Waals surface area contributed by atoms with Crippen LogP contribution in [0.1, 0.15) is 73.2 Å². The molecule has 1 fully saturated rings. The fraction of sp³-hybridized carbons (Fsp3) is 0.765.